The second-order valence-electron chi connectivity index (χ2n) is 4.99. The maximum absolute atomic E-state index is 12.5. The number of likely N-dealkylation sites (tertiary alicyclic amines) is 1. The smallest absolute Gasteiger partial charge is 0.254 e. The van der Waals surface area contributed by atoms with Crippen molar-refractivity contribution in [3.63, 3.8) is 0 Å². The van der Waals surface area contributed by atoms with Crippen molar-refractivity contribution in [1.29, 1.82) is 0 Å². The minimum atomic E-state index is -1.04. The molecule has 0 bridgehead atoms. The number of rotatable bonds is 4. The minimum absolute atomic E-state index is 0.149. The maximum atomic E-state index is 12.5. The zero-order chi connectivity index (χ0) is 15.4. The van der Waals surface area contributed by atoms with E-state index in [2.05, 4.69) is 0 Å². The number of carboxylic acids is 1. The number of carboxylic acid groups (broad SMARTS) is 1. The van der Waals surface area contributed by atoms with E-state index in [-0.39, 0.29) is 5.91 Å². The highest BCUT2D eigenvalue weighted by molar-refractivity contribution is 5.95. The van der Waals surface area contributed by atoms with Crippen LogP contribution in [0.1, 0.15) is 23.2 Å². The van der Waals surface area contributed by atoms with Crippen molar-refractivity contribution in [3.05, 3.63) is 23.8 Å². The van der Waals surface area contributed by atoms with Crippen LogP contribution in [0, 0.1) is 5.92 Å². The molecule has 1 aliphatic heterocycles. The molecule has 6 heteroatoms. The first-order valence-corrected chi connectivity index (χ1v) is 6.78. The summed E-state index contributed by atoms with van der Waals surface area (Å²) in [5.41, 5.74) is 0.470. The van der Waals surface area contributed by atoms with E-state index in [4.69, 9.17) is 9.47 Å². The molecule has 0 radical (unpaired) electrons. The number of ether oxygens (including phenoxy) is 2. The van der Waals surface area contributed by atoms with Gasteiger partial charge in [0.1, 0.15) is 11.5 Å². The highest BCUT2D eigenvalue weighted by Gasteiger charge is 2.24. The summed E-state index contributed by atoms with van der Waals surface area (Å²) in [6.45, 7) is 0.827. The van der Waals surface area contributed by atoms with Crippen molar-refractivity contribution in [2.24, 2.45) is 5.92 Å². The molecule has 1 heterocycles. The van der Waals surface area contributed by atoms with E-state index < -0.39 is 11.9 Å². The lowest BCUT2D eigenvalue weighted by atomic mass is 9.96. The molecule has 6 nitrogen and oxygen atoms in total. The Morgan fingerprint density at radius 2 is 1.62 bits per heavy atom. The quantitative estimate of drug-likeness (QED) is 0.798. The molecule has 1 saturated heterocycles. The van der Waals surface area contributed by atoms with Crippen molar-refractivity contribution in [3.8, 4) is 11.5 Å². The van der Waals surface area contributed by atoms with E-state index >= 15 is 0 Å². The monoisotopic (exact) mass is 292 g/mol. The molecule has 0 unspecified atom stereocenters. The van der Waals surface area contributed by atoms with Crippen molar-refractivity contribution in [2.45, 2.75) is 12.8 Å². The van der Waals surface area contributed by atoms with Crippen LogP contribution in [-0.4, -0.2) is 44.1 Å². The third kappa shape index (κ3) is 3.45. The zero-order valence-electron chi connectivity index (χ0n) is 12.1. The van der Waals surface area contributed by atoms with Gasteiger partial charge in [-0.3, -0.25) is 4.79 Å². The Morgan fingerprint density at radius 1 is 1.10 bits per heavy atom. The first kappa shape index (κ1) is 15.2. The summed E-state index contributed by atoms with van der Waals surface area (Å²) in [7, 11) is 3.04. The van der Waals surface area contributed by atoms with Gasteiger partial charge in [0, 0.05) is 36.6 Å². The highest BCUT2D eigenvalue weighted by Crippen LogP contribution is 2.25. The molecule has 0 saturated carbocycles. The first-order chi connectivity index (χ1) is 10.0. The second-order valence-corrected chi connectivity index (χ2v) is 4.99. The zero-order valence-corrected chi connectivity index (χ0v) is 12.1. The Balaban J connectivity index is 2.12. The van der Waals surface area contributed by atoms with Gasteiger partial charge in [-0.25, -0.2) is 0 Å². The predicted molar refractivity (Wildman–Crippen MR) is 73.2 cm³/mol. The Morgan fingerprint density at radius 3 is 2.05 bits per heavy atom. The van der Waals surface area contributed by atoms with Gasteiger partial charge in [-0.05, 0) is 25.0 Å². The van der Waals surface area contributed by atoms with E-state index in [0.29, 0.717) is 43.0 Å². The third-order valence-corrected chi connectivity index (χ3v) is 3.71. The molecule has 0 spiro atoms. The average molecular weight is 292 g/mol. The Bertz CT molecular complexity index is 513. The molecule has 0 atom stereocenters. The Hall–Kier alpha value is -2.24. The fraction of sp³-hybridized carbons (Fsp3) is 0.467. The lowest BCUT2D eigenvalue weighted by Gasteiger charge is -2.32. The molecule has 1 amide bonds. The number of carbonyl (C=O) groups excluding carboxylic acids is 2. The van der Waals surface area contributed by atoms with Crippen molar-refractivity contribution >= 4 is 11.9 Å². The predicted octanol–water partition coefficient (Wildman–Crippen LogP) is 0.306. The lowest BCUT2D eigenvalue weighted by molar-refractivity contribution is -0.312. The number of benzene rings is 1. The van der Waals surface area contributed by atoms with Gasteiger partial charge in [0.2, 0.25) is 0 Å². The molecule has 0 aliphatic carbocycles. The molecular formula is C15H18NO5-. The van der Waals surface area contributed by atoms with Gasteiger partial charge in [-0.2, -0.15) is 0 Å². The standard InChI is InChI=1S/C15H19NO5/c1-20-12-7-11(8-13(9-12)21-2)14(17)16-5-3-10(4-6-16)15(18)19/h7-10H,3-6H2,1-2H3,(H,18,19)/p-1. The molecule has 21 heavy (non-hydrogen) atoms. The SMILES string of the molecule is COc1cc(OC)cc(C(=O)N2CCC(C(=O)[O-])CC2)c1. The van der Waals surface area contributed by atoms with E-state index in [0.717, 1.165) is 0 Å². The maximum Gasteiger partial charge on any atom is 0.254 e. The van der Waals surface area contributed by atoms with E-state index in [9.17, 15) is 14.7 Å². The topological polar surface area (TPSA) is 78.9 Å². The fourth-order valence-corrected chi connectivity index (χ4v) is 2.43. The molecular weight excluding hydrogens is 274 g/mol. The summed E-state index contributed by atoms with van der Waals surface area (Å²) in [6.07, 6.45) is 0.852. The van der Waals surface area contributed by atoms with Gasteiger partial charge in [0.15, 0.2) is 0 Å². The summed E-state index contributed by atoms with van der Waals surface area (Å²) >= 11 is 0. The molecule has 2 rings (SSSR count). The molecule has 0 N–H and O–H groups in total. The average Bonchev–Trinajstić information content (AvgIpc) is 2.53. The molecule has 114 valence electrons. The van der Waals surface area contributed by atoms with E-state index in [1.807, 2.05) is 0 Å². The summed E-state index contributed by atoms with van der Waals surface area (Å²) in [5.74, 6) is -0.562. The number of hydrogen-bond acceptors (Lipinski definition) is 5. The number of carbonyl (C=O) groups is 2. The first-order valence-electron chi connectivity index (χ1n) is 6.78. The molecule has 1 aromatic rings. The lowest BCUT2D eigenvalue weighted by Crippen LogP contribution is -2.43. The van der Waals surface area contributed by atoms with Crippen LogP contribution < -0.4 is 14.6 Å². The van der Waals surface area contributed by atoms with Crippen molar-refractivity contribution in [2.75, 3.05) is 27.3 Å². The van der Waals surface area contributed by atoms with E-state index in [1.54, 1.807) is 23.1 Å². The van der Waals surface area contributed by atoms with Gasteiger partial charge in [-0.1, -0.05) is 0 Å². The van der Waals surface area contributed by atoms with Crippen LogP contribution in [0.5, 0.6) is 11.5 Å². The Labute approximate surface area is 123 Å². The minimum Gasteiger partial charge on any atom is -0.550 e. The summed E-state index contributed by atoms with van der Waals surface area (Å²) in [5, 5.41) is 10.8. The van der Waals surface area contributed by atoms with Crippen LogP contribution in [0.15, 0.2) is 18.2 Å². The van der Waals surface area contributed by atoms with Gasteiger partial charge < -0.3 is 24.3 Å². The van der Waals surface area contributed by atoms with Crippen LogP contribution in [0.4, 0.5) is 0 Å². The summed E-state index contributed by atoms with van der Waals surface area (Å²) < 4.78 is 10.3. The second kappa shape index (κ2) is 6.47. The van der Waals surface area contributed by atoms with E-state index in [1.165, 1.54) is 14.2 Å². The number of hydrogen-bond donors (Lipinski definition) is 0. The van der Waals surface area contributed by atoms with Crippen LogP contribution in [0.2, 0.25) is 0 Å². The van der Waals surface area contributed by atoms with Crippen molar-refractivity contribution < 1.29 is 24.2 Å². The number of methoxy groups -OCH3 is 2. The van der Waals surface area contributed by atoms with Crippen LogP contribution in [-0.2, 0) is 4.79 Å². The fourth-order valence-electron chi connectivity index (χ4n) is 2.43. The number of amides is 1. The number of aliphatic carboxylic acids is 1. The molecule has 1 aliphatic rings. The largest absolute Gasteiger partial charge is 0.550 e. The molecule has 1 fully saturated rings. The van der Waals surface area contributed by atoms with Crippen LogP contribution in [0.3, 0.4) is 0 Å². The molecule has 1 aromatic carbocycles. The summed E-state index contributed by atoms with van der Waals surface area (Å²) in [4.78, 5) is 24.9. The third-order valence-electron chi connectivity index (χ3n) is 3.71. The van der Waals surface area contributed by atoms with Gasteiger partial charge in [0.05, 0.1) is 14.2 Å². The highest BCUT2D eigenvalue weighted by atomic mass is 16.5. The normalized spacial score (nSPS) is 15.6. The molecule has 0 aromatic heterocycles. The van der Waals surface area contributed by atoms with Gasteiger partial charge in [0.25, 0.3) is 5.91 Å². The van der Waals surface area contributed by atoms with Crippen molar-refractivity contribution in [1.82, 2.24) is 4.90 Å². The van der Waals surface area contributed by atoms with Crippen LogP contribution >= 0.6 is 0 Å². The Kier molecular flexibility index (Phi) is 4.67. The summed E-state index contributed by atoms with van der Waals surface area (Å²) in [6, 6.07) is 4.99. The number of piperidine rings is 1. The van der Waals surface area contributed by atoms with Gasteiger partial charge in [-0.15, -0.1) is 0 Å². The van der Waals surface area contributed by atoms with Gasteiger partial charge >= 0.3 is 0 Å². The van der Waals surface area contributed by atoms with Crippen LogP contribution in [0.25, 0.3) is 0 Å². The number of nitrogens with zero attached hydrogens (tertiary/aromatic N) is 1.